The SMILES string of the molecule is CCC(c1ccccc1)c1nnc(NC(=O)c2ccc(Cl)cc2Cl)s1. The third-order valence-electron chi connectivity index (χ3n) is 3.75. The first-order chi connectivity index (χ1) is 12.1. The van der Waals surface area contributed by atoms with Crippen LogP contribution in [0.3, 0.4) is 0 Å². The summed E-state index contributed by atoms with van der Waals surface area (Å²) in [6.07, 6.45) is 0.898. The van der Waals surface area contributed by atoms with E-state index in [4.69, 9.17) is 23.2 Å². The number of anilines is 1. The van der Waals surface area contributed by atoms with Gasteiger partial charge in [0.15, 0.2) is 0 Å². The van der Waals surface area contributed by atoms with Crippen LogP contribution in [0.2, 0.25) is 10.0 Å². The quantitative estimate of drug-likeness (QED) is 0.611. The Hall–Kier alpha value is -1.95. The summed E-state index contributed by atoms with van der Waals surface area (Å²) in [4.78, 5) is 12.4. The molecule has 3 aromatic rings. The van der Waals surface area contributed by atoms with Crippen molar-refractivity contribution in [2.75, 3.05) is 5.32 Å². The van der Waals surface area contributed by atoms with Crippen LogP contribution in [-0.2, 0) is 0 Å². The minimum atomic E-state index is -0.336. The molecule has 0 saturated carbocycles. The summed E-state index contributed by atoms with van der Waals surface area (Å²) in [5.41, 5.74) is 1.53. The Bertz CT molecular complexity index is 883. The largest absolute Gasteiger partial charge is 0.296 e. The highest BCUT2D eigenvalue weighted by atomic mass is 35.5. The predicted molar refractivity (Wildman–Crippen MR) is 103 cm³/mol. The molecule has 0 fully saturated rings. The van der Waals surface area contributed by atoms with Crippen molar-refractivity contribution in [2.24, 2.45) is 0 Å². The molecule has 3 rings (SSSR count). The Kier molecular flexibility index (Phi) is 5.68. The van der Waals surface area contributed by atoms with Crippen molar-refractivity contribution < 1.29 is 4.79 Å². The highest BCUT2D eigenvalue weighted by molar-refractivity contribution is 7.15. The van der Waals surface area contributed by atoms with Crippen molar-refractivity contribution in [3.63, 3.8) is 0 Å². The molecule has 0 aliphatic heterocycles. The van der Waals surface area contributed by atoms with E-state index in [1.54, 1.807) is 12.1 Å². The van der Waals surface area contributed by atoms with Crippen LogP contribution in [0.4, 0.5) is 5.13 Å². The van der Waals surface area contributed by atoms with Gasteiger partial charge in [-0.1, -0.05) is 71.8 Å². The Morgan fingerprint density at radius 2 is 1.92 bits per heavy atom. The van der Waals surface area contributed by atoms with E-state index in [1.165, 1.54) is 23.0 Å². The highest BCUT2D eigenvalue weighted by Gasteiger charge is 2.19. The Morgan fingerprint density at radius 1 is 1.16 bits per heavy atom. The maximum atomic E-state index is 12.4. The number of amides is 1. The van der Waals surface area contributed by atoms with Crippen molar-refractivity contribution in [2.45, 2.75) is 19.3 Å². The number of aromatic nitrogens is 2. The van der Waals surface area contributed by atoms with Crippen LogP contribution in [0.25, 0.3) is 0 Å². The fraction of sp³-hybridized carbons (Fsp3) is 0.167. The Balaban J connectivity index is 1.78. The molecule has 0 aliphatic carbocycles. The summed E-state index contributed by atoms with van der Waals surface area (Å²) < 4.78 is 0. The topological polar surface area (TPSA) is 54.9 Å². The van der Waals surface area contributed by atoms with Gasteiger partial charge in [0.1, 0.15) is 5.01 Å². The molecule has 1 amide bonds. The number of hydrogen-bond donors (Lipinski definition) is 1. The number of halogens is 2. The van der Waals surface area contributed by atoms with Crippen molar-refractivity contribution in [1.29, 1.82) is 0 Å². The highest BCUT2D eigenvalue weighted by Crippen LogP contribution is 2.32. The van der Waals surface area contributed by atoms with Crippen LogP contribution in [-0.4, -0.2) is 16.1 Å². The van der Waals surface area contributed by atoms with Gasteiger partial charge in [0.05, 0.1) is 10.6 Å². The molecule has 1 atom stereocenters. The van der Waals surface area contributed by atoms with E-state index in [2.05, 4.69) is 34.6 Å². The molecule has 4 nitrogen and oxygen atoms in total. The maximum Gasteiger partial charge on any atom is 0.259 e. The number of carbonyl (C=O) groups excluding carboxylic acids is 1. The lowest BCUT2D eigenvalue weighted by Gasteiger charge is -2.11. The molecule has 1 heterocycles. The van der Waals surface area contributed by atoms with Crippen LogP contribution in [0, 0.1) is 0 Å². The Morgan fingerprint density at radius 3 is 2.60 bits per heavy atom. The van der Waals surface area contributed by atoms with Crippen LogP contribution in [0.5, 0.6) is 0 Å². The second-order valence-electron chi connectivity index (χ2n) is 5.40. The van der Waals surface area contributed by atoms with Gasteiger partial charge in [-0.3, -0.25) is 10.1 Å². The van der Waals surface area contributed by atoms with Crippen molar-refractivity contribution in [3.05, 3.63) is 74.7 Å². The van der Waals surface area contributed by atoms with E-state index < -0.39 is 0 Å². The van der Waals surface area contributed by atoms with Gasteiger partial charge >= 0.3 is 0 Å². The van der Waals surface area contributed by atoms with E-state index in [0.29, 0.717) is 20.7 Å². The van der Waals surface area contributed by atoms with E-state index in [0.717, 1.165) is 11.4 Å². The maximum absolute atomic E-state index is 12.4. The minimum absolute atomic E-state index is 0.156. The average molecular weight is 392 g/mol. The lowest BCUT2D eigenvalue weighted by molar-refractivity contribution is 0.102. The molecule has 1 unspecified atom stereocenters. The normalized spacial score (nSPS) is 12.0. The van der Waals surface area contributed by atoms with Gasteiger partial charge in [-0.25, -0.2) is 0 Å². The molecular formula is C18H15Cl2N3OS. The zero-order chi connectivity index (χ0) is 17.8. The number of nitrogens with one attached hydrogen (secondary N) is 1. The molecular weight excluding hydrogens is 377 g/mol. The zero-order valence-electron chi connectivity index (χ0n) is 13.4. The number of nitrogens with zero attached hydrogens (tertiary/aromatic N) is 2. The predicted octanol–water partition coefficient (Wildman–Crippen LogP) is 5.64. The lowest BCUT2D eigenvalue weighted by Crippen LogP contribution is -2.12. The fourth-order valence-electron chi connectivity index (χ4n) is 2.50. The van der Waals surface area contributed by atoms with Crippen LogP contribution in [0.1, 0.15) is 40.2 Å². The average Bonchev–Trinajstić information content (AvgIpc) is 3.04. The lowest BCUT2D eigenvalue weighted by atomic mass is 9.97. The first kappa shape index (κ1) is 17.9. The Labute approximate surface area is 159 Å². The van der Waals surface area contributed by atoms with E-state index in [9.17, 15) is 4.79 Å². The molecule has 0 aliphatic rings. The van der Waals surface area contributed by atoms with Crippen LogP contribution < -0.4 is 5.32 Å². The molecule has 1 aromatic heterocycles. The number of carbonyl (C=O) groups is 1. The smallest absolute Gasteiger partial charge is 0.259 e. The van der Waals surface area contributed by atoms with Gasteiger partial charge in [0, 0.05) is 10.9 Å². The standard InChI is InChI=1S/C18H15Cl2N3OS/c1-2-13(11-6-4-3-5-7-11)17-22-23-18(25-17)21-16(24)14-9-8-12(19)10-15(14)20/h3-10,13H,2H2,1H3,(H,21,23,24). The third-order valence-corrected chi connectivity index (χ3v) is 5.25. The van der Waals surface area contributed by atoms with E-state index in [1.807, 2.05) is 18.2 Å². The first-order valence-electron chi connectivity index (χ1n) is 7.73. The summed E-state index contributed by atoms with van der Waals surface area (Å²) in [5.74, 6) is -0.180. The van der Waals surface area contributed by atoms with E-state index >= 15 is 0 Å². The molecule has 7 heteroatoms. The summed E-state index contributed by atoms with van der Waals surface area (Å²) in [6.45, 7) is 2.10. The van der Waals surface area contributed by atoms with Gasteiger partial charge in [0.25, 0.3) is 5.91 Å². The third kappa shape index (κ3) is 4.18. The first-order valence-corrected chi connectivity index (χ1v) is 9.30. The van der Waals surface area contributed by atoms with Crippen molar-refractivity contribution >= 4 is 45.6 Å². The van der Waals surface area contributed by atoms with Gasteiger partial charge in [-0.15, -0.1) is 10.2 Å². The molecule has 0 bridgehead atoms. The van der Waals surface area contributed by atoms with Crippen molar-refractivity contribution in [3.8, 4) is 0 Å². The van der Waals surface area contributed by atoms with Gasteiger partial charge in [-0.05, 0) is 30.2 Å². The summed E-state index contributed by atoms with van der Waals surface area (Å²) in [5, 5.41) is 13.2. The van der Waals surface area contributed by atoms with Gasteiger partial charge in [-0.2, -0.15) is 0 Å². The number of rotatable bonds is 5. The van der Waals surface area contributed by atoms with E-state index in [-0.39, 0.29) is 11.8 Å². The molecule has 1 N–H and O–H groups in total. The second kappa shape index (κ2) is 7.95. The summed E-state index contributed by atoms with van der Waals surface area (Å²) in [7, 11) is 0. The molecule has 2 aromatic carbocycles. The minimum Gasteiger partial charge on any atom is -0.296 e. The van der Waals surface area contributed by atoms with Crippen LogP contribution in [0.15, 0.2) is 48.5 Å². The molecule has 128 valence electrons. The molecule has 0 spiro atoms. The molecule has 0 radical (unpaired) electrons. The summed E-state index contributed by atoms with van der Waals surface area (Å²) in [6, 6.07) is 14.9. The number of benzene rings is 2. The van der Waals surface area contributed by atoms with Crippen molar-refractivity contribution in [1.82, 2.24) is 10.2 Å². The second-order valence-corrected chi connectivity index (χ2v) is 7.25. The molecule has 0 saturated heterocycles. The zero-order valence-corrected chi connectivity index (χ0v) is 15.7. The fourth-order valence-corrected chi connectivity index (χ4v) is 3.95. The monoisotopic (exact) mass is 391 g/mol. The summed E-state index contributed by atoms with van der Waals surface area (Å²) >= 11 is 13.3. The van der Waals surface area contributed by atoms with Crippen LogP contribution >= 0.6 is 34.5 Å². The number of hydrogen-bond acceptors (Lipinski definition) is 4. The van der Waals surface area contributed by atoms with Gasteiger partial charge < -0.3 is 0 Å². The molecule has 25 heavy (non-hydrogen) atoms. The van der Waals surface area contributed by atoms with Gasteiger partial charge in [0.2, 0.25) is 5.13 Å².